The van der Waals surface area contributed by atoms with Gasteiger partial charge in [0.05, 0.1) is 0 Å². The van der Waals surface area contributed by atoms with E-state index >= 15 is 0 Å². The lowest BCUT2D eigenvalue weighted by atomic mass is 10.2. The van der Waals surface area contributed by atoms with Gasteiger partial charge >= 0.3 is 0 Å². The van der Waals surface area contributed by atoms with Crippen LogP contribution in [0.25, 0.3) is 0 Å². The fourth-order valence-corrected chi connectivity index (χ4v) is 0.439. The van der Waals surface area contributed by atoms with Crippen LogP contribution in [0.5, 0.6) is 0 Å². The molecule has 0 saturated carbocycles. The van der Waals surface area contributed by atoms with Gasteiger partial charge in [-0.3, -0.25) is 0 Å². The van der Waals surface area contributed by atoms with Crippen LogP contribution in [0.4, 0.5) is 8.78 Å². The Morgan fingerprint density at radius 1 is 1.62 bits per heavy atom. The smallest absolute Gasteiger partial charge is 0.165 e. The molecule has 0 aliphatic heterocycles. The molecule has 0 heterocycles. The normalized spacial score (nSPS) is 25.8. The van der Waals surface area contributed by atoms with Crippen molar-refractivity contribution in [2.45, 2.75) is 6.17 Å². The van der Waals surface area contributed by atoms with E-state index in [1.807, 2.05) is 0 Å². The molecule has 0 N–H and O–H groups in total. The molecule has 0 saturated heterocycles. The van der Waals surface area contributed by atoms with Crippen LogP contribution in [0, 0.1) is 0 Å². The molecule has 1 aliphatic rings. The molecule has 0 aromatic carbocycles. The van der Waals surface area contributed by atoms with Crippen molar-refractivity contribution >= 4 is 0 Å². The first-order chi connectivity index (χ1) is 3.79. The lowest BCUT2D eigenvalue weighted by Crippen LogP contribution is -1.89. The number of hydrogen-bond donors (Lipinski definition) is 0. The first-order valence-electron chi connectivity index (χ1n) is 2.23. The predicted molar refractivity (Wildman–Crippen MR) is 26.7 cm³/mol. The fraction of sp³-hybridized carbons (Fsp3) is 0.167. The second-order valence-electron chi connectivity index (χ2n) is 1.46. The zero-order valence-electron chi connectivity index (χ0n) is 4.07. The molecule has 0 nitrogen and oxygen atoms in total. The Labute approximate surface area is 45.8 Å². The summed E-state index contributed by atoms with van der Waals surface area (Å²) in [5, 5.41) is 0. The Balaban J connectivity index is 2.86. The van der Waals surface area contributed by atoms with Crippen LogP contribution in [0.2, 0.25) is 0 Å². The van der Waals surface area contributed by atoms with Crippen LogP contribution in [0.1, 0.15) is 0 Å². The molecule has 0 spiro atoms. The lowest BCUT2D eigenvalue weighted by molar-refractivity contribution is 0.465. The van der Waals surface area contributed by atoms with Gasteiger partial charge in [0, 0.05) is 0 Å². The van der Waals surface area contributed by atoms with E-state index in [1.165, 1.54) is 0 Å². The van der Waals surface area contributed by atoms with Gasteiger partial charge in [-0.25, -0.2) is 4.39 Å². The molecule has 1 aliphatic carbocycles. The largest absolute Gasteiger partial charge is 0.238 e. The third-order valence-electron chi connectivity index (χ3n) is 0.807. The average Bonchev–Trinajstić information content (AvgIpc) is 1.77. The molecule has 0 aromatic heterocycles. The summed E-state index contributed by atoms with van der Waals surface area (Å²) in [5.41, 5.74) is 2.09. The summed E-state index contributed by atoms with van der Waals surface area (Å²) in [6.45, 7) is 0. The van der Waals surface area contributed by atoms with Gasteiger partial charge in [0.15, 0.2) is 5.83 Å². The van der Waals surface area contributed by atoms with E-state index in [2.05, 4.69) is 5.73 Å². The number of allylic oxidation sites excluding steroid dienone is 3. The summed E-state index contributed by atoms with van der Waals surface area (Å²) in [4.78, 5) is 0. The first kappa shape index (κ1) is 5.26. The van der Waals surface area contributed by atoms with Gasteiger partial charge in [0.25, 0.3) is 0 Å². The Morgan fingerprint density at radius 2 is 2.38 bits per heavy atom. The topological polar surface area (TPSA) is 0 Å². The molecule has 1 rings (SSSR count). The zero-order valence-corrected chi connectivity index (χ0v) is 4.07. The molecule has 0 radical (unpaired) electrons. The van der Waals surface area contributed by atoms with E-state index in [-0.39, 0.29) is 0 Å². The van der Waals surface area contributed by atoms with Gasteiger partial charge in [-0.15, -0.1) is 0 Å². The molecule has 0 aromatic rings. The van der Waals surface area contributed by atoms with Crippen molar-refractivity contribution in [1.29, 1.82) is 0 Å². The minimum atomic E-state index is -1.16. The molecule has 1 unspecified atom stereocenters. The van der Waals surface area contributed by atoms with Gasteiger partial charge in [0.2, 0.25) is 0 Å². The number of hydrogen-bond acceptors (Lipinski definition) is 0. The van der Waals surface area contributed by atoms with Gasteiger partial charge in [0.1, 0.15) is 6.17 Å². The Bertz CT molecular complexity index is 173. The molecule has 2 heteroatoms. The second kappa shape index (κ2) is 1.93. The van der Waals surface area contributed by atoms with Crippen molar-refractivity contribution in [1.82, 2.24) is 0 Å². The van der Waals surface area contributed by atoms with Crippen molar-refractivity contribution in [3.63, 3.8) is 0 Å². The summed E-state index contributed by atoms with van der Waals surface area (Å²) in [6.07, 6.45) is 2.07. The van der Waals surface area contributed by atoms with Crippen LogP contribution in [-0.4, -0.2) is 6.17 Å². The first-order valence-corrected chi connectivity index (χ1v) is 2.23. The van der Waals surface area contributed by atoms with E-state index in [1.54, 1.807) is 0 Å². The van der Waals surface area contributed by atoms with E-state index in [9.17, 15) is 8.78 Å². The fourth-order valence-electron chi connectivity index (χ4n) is 0.439. The predicted octanol–water partition coefficient (Wildman–Crippen LogP) is 1.90. The summed E-state index contributed by atoms with van der Waals surface area (Å²) < 4.78 is 23.8. The monoisotopic (exact) mass is 114 g/mol. The third-order valence-corrected chi connectivity index (χ3v) is 0.807. The third kappa shape index (κ3) is 1.04. The highest BCUT2D eigenvalue weighted by Crippen LogP contribution is 2.06. The Morgan fingerprint density at radius 3 is 2.75 bits per heavy atom. The standard InChI is InChI=1S/C6H4F2/c7-5-1-2-6(8)4-3-5/h1-3,5H. The molecule has 42 valence electrons. The maximum atomic E-state index is 12.0. The van der Waals surface area contributed by atoms with E-state index < -0.39 is 12.0 Å². The Hall–Kier alpha value is -0.880. The summed E-state index contributed by atoms with van der Waals surface area (Å²) in [6, 6.07) is 0. The van der Waals surface area contributed by atoms with E-state index in [0.717, 1.165) is 18.2 Å². The zero-order chi connectivity index (χ0) is 5.98. The van der Waals surface area contributed by atoms with Gasteiger partial charge < -0.3 is 0 Å². The van der Waals surface area contributed by atoms with Gasteiger partial charge in [-0.05, 0) is 18.2 Å². The second-order valence-corrected chi connectivity index (χ2v) is 1.46. The van der Waals surface area contributed by atoms with Crippen LogP contribution >= 0.6 is 0 Å². The number of alkyl halides is 1. The van der Waals surface area contributed by atoms with Crippen molar-refractivity contribution in [3.8, 4) is 0 Å². The molecular weight excluding hydrogens is 110 g/mol. The summed E-state index contributed by atoms with van der Waals surface area (Å²) in [7, 11) is 0. The SMILES string of the molecule is FC1=C=CC(F)C=C1. The highest BCUT2D eigenvalue weighted by atomic mass is 19.1. The minimum absolute atomic E-state index is 0.515. The van der Waals surface area contributed by atoms with Gasteiger partial charge in [-0.1, -0.05) is 5.73 Å². The van der Waals surface area contributed by atoms with Crippen molar-refractivity contribution in [2.75, 3.05) is 0 Å². The molecular formula is C6H4F2. The van der Waals surface area contributed by atoms with Crippen LogP contribution in [-0.2, 0) is 0 Å². The van der Waals surface area contributed by atoms with Crippen molar-refractivity contribution < 1.29 is 8.78 Å². The maximum Gasteiger partial charge on any atom is 0.165 e. The maximum absolute atomic E-state index is 12.0. The molecule has 0 bridgehead atoms. The van der Waals surface area contributed by atoms with Crippen LogP contribution in [0.15, 0.2) is 29.8 Å². The van der Waals surface area contributed by atoms with E-state index in [4.69, 9.17) is 0 Å². The number of rotatable bonds is 0. The van der Waals surface area contributed by atoms with Crippen LogP contribution < -0.4 is 0 Å². The highest BCUT2D eigenvalue weighted by molar-refractivity contribution is 5.20. The number of halogens is 2. The summed E-state index contributed by atoms with van der Waals surface area (Å²) >= 11 is 0. The molecule has 0 amide bonds. The molecule has 0 fully saturated rings. The van der Waals surface area contributed by atoms with E-state index in [0.29, 0.717) is 0 Å². The van der Waals surface area contributed by atoms with Crippen molar-refractivity contribution in [2.24, 2.45) is 0 Å². The minimum Gasteiger partial charge on any atom is -0.238 e. The average molecular weight is 114 g/mol. The Kier molecular flexibility index (Phi) is 1.27. The molecule has 1 atom stereocenters. The van der Waals surface area contributed by atoms with Crippen molar-refractivity contribution in [3.05, 3.63) is 29.8 Å². The highest BCUT2D eigenvalue weighted by Gasteiger charge is 1.98. The molecule has 8 heavy (non-hydrogen) atoms. The quantitative estimate of drug-likeness (QED) is 0.422. The summed E-state index contributed by atoms with van der Waals surface area (Å²) in [5.74, 6) is -0.515. The lowest BCUT2D eigenvalue weighted by Gasteiger charge is -1.93. The van der Waals surface area contributed by atoms with Gasteiger partial charge in [-0.2, -0.15) is 4.39 Å². The van der Waals surface area contributed by atoms with Crippen LogP contribution in [0.3, 0.4) is 0 Å².